The molecule has 148 valence electrons. The predicted octanol–water partition coefficient (Wildman–Crippen LogP) is 2.93. The number of pyridine rings is 2. The molecule has 0 saturated heterocycles. The standard InChI is InChI=1S/C18H23F3N4O2/c1-11(2)24-9-7-12(14(22)16(24)27)17(3,4)25-8-5-6-13(15(25)26)23-10-18(19,20)21/h5-9,11,23H,10,22H2,1-4H3. The van der Waals surface area contributed by atoms with Gasteiger partial charge in [-0.05, 0) is 45.9 Å². The number of halogens is 3. The van der Waals surface area contributed by atoms with Crippen LogP contribution in [0.25, 0.3) is 0 Å². The molecule has 0 aliphatic carbocycles. The van der Waals surface area contributed by atoms with E-state index >= 15 is 0 Å². The maximum absolute atomic E-state index is 12.7. The summed E-state index contributed by atoms with van der Waals surface area (Å²) in [5.74, 6) is 0. The van der Waals surface area contributed by atoms with Gasteiger partial charge in [-0.1, -0.05) is 0 Å². The van der Waals surface area contributed by atoms with E-state index in [4.69, 9.17) is 5.73 Å². The maximum atomic E-state index is 12.7. The molecule has 0 amide bonds. The number of nitrogen functional groups attached to an aromatic ring is 1. The van der Waals surface area contributed by atoms with Crippen LogP contribution in [0, 0.1) is 0 Å². The van der Waals surface area contributed by atoms with Crippen LogP contribution in [0.4, 0.5) is 24.5 Å². The summed E-state index contributed by atoms with van der Waals surface area (Å²) in [4.78, 5) is 25.2. The van der Waals surface area contributed by atoms with E-state index in [0.29, 0.717) is 5.56 Å². The summed E-state index contributed by atoms with van der Waals surface area (Å²) >= 11 is 0. The van der Waals surface area contributed by atoms with Crippen molar-refractivity contribution in [1.29, 1.82) is 0 Å². The molecule has 0 fully saturated rings. The summed E-state index contributed by atoms with van der Waals surface area (Å²) in [5.41, 5.74) is 4.20. The van der Waals surface area contributed by atoms with Crippen LogP contribution in [0.3, 0.4) is 0 Å². The minimum absolute atomic E-state index is 0.00301. The molecule has 0 bridgehead atoms. The van der Waals surface area contributed by atoms with Gasteiger partial charge < -0.3 is 20.2 Å². The molecule has 2 heterocycles. The Morgan fingerprint density at radius 1 is 1.11 bits per heavy atom. The smallest absolute Gasteiger partial charge is 0.394 e. The molecule has 2 aromatic rings. The zero-order valence-corrected chi connectivity index (χ0v) is 15.6. The minimum Gasteiger partial charge on any atom is -0.394 e. The third-order valence-corrected chi connectivity index (χ3v) is 4.40. The molecule has 0 unspecified atom stereocenters. The van der Waals surface area contributed by atoms with Crippen molar-refractivity contribution in [3.05, 3.63) is 56.9 Å². The van der Waals surface area contributed by atoms with Gasteiger partial charge in [-0.25, -0.2) is 0 Å². The van der Waals surface area contributed by atoms with E-state index in [0.717, 1.165) is 0 Å². The van der Waals surface area contributed by atoms with Crippen LogP contribution < -0.4 is 22.2 Å². The lowest BCUT2D eigenvalue weighted by Gasteiger charge is -2.30. The van der Waals surface area contributed by atoms with Gasteiger partial charge in [0.2, 0.25) is 0 Å². The molecule has 3 N–H and O–H groups in total. The number of hydrogen-bond donors (Lipinski definition) is 2. The van der Waals surface area contributed by atoms with E-state index in [9.17, 15) is 22.8 Å². The van der Waals surface area contributed by atoms with Gasteiger partial charge in [0.15, 0.2) is 0 Å². The summed E-state index contributed by atoms with van der Waals surface area (Å²) < 4.78 is 40.1. The summed E-state index contributed by atoms with van der Waals surface area (Å²) in [5, 5.41) is 2.11. The van der Waals surface area contributed by atoms with Crippen molar-refractivity contribution >= 4 is 11.4 Å². The second-order valence-electron chi connectivity index (χ2n) is 7.07. The van der Waals surface area contributed by atoms with Crippen molar-refractivity contribution in [2.24, 2.45) is 0 Å². The number of nitrogens with two attached hydrogens (primary N) is 1. The van der Waals surface area contributed by atoms with Gasteiger partial charge in [0.25, 0.3) is 11.1 Å². The number of nitrogens with zero attached hydrogens (tertiary/aromatic N) is 2. The van der Waals surface area contributed by atoms with Gasteiger partial charge in [0.1, 0.15) is 17.9 Å². The number of rotatable bonds is 5. The van der Waals surface area contributed by atoms with Gasteiger partial charge in [-0.15, -0.1) is 0 Å². The Kier molecular flexibility index (Phi) is 5.44. The van der Waals surface area contributed by atoms with Crippen molar-refractivity contribution in [3.8, 4) is 0 Å². The molecule has 0 aliphatic rings. The first-order valence-corrected chi connectivity index (χ1v) is 8.40. The Bertz CT molecular complexity index is 943. The van der Waals surface area contributed by atoms with Crippen LogP contribution in [0.5, 0.6) is 0 Å². The predicted molar refractivity (Wildman–Crippen MR) is 99.2 cm³/mol. The van der Waals surface area contributed by atoms with Crippen molar-refractivity contribution < 1.29 is 13.2 Å². The second-order valence-corrected chi connectivity index (χ2v) is 7.07. The molecule has 0 saturated carbocycles. The second kappa shape index (κ2) is 7.13. The quantitative estimate of drug-likeness (QED) is 0.831. The van der Waals surface area contributed by atoms with Gasteiger partial charge in [0.05, 0.1) is 5.54 Å². The average Bonchev–Trinajstić information content (AvgIpc) is 2.54. The lowest BCUT2D eigenvalue weighted by atomic mass is 9.93. The van der Waals surface area contributed by atoms with E-state index in [-0.39, 0.29) is 23.0 Å². The van der Waals surface area contributed by atoms with Gasteiger partial charge in [-0.2, -0.15) is 13.2 Å². The van der Waals surface area contributed by atoms with E-state index in [2.05, 4.69) is 5.32 Å². The van der Waals surface area contributed by atoms with E-state index in [1.165, 1.54) is 27.5 Å². The largest absolute Gasteiger partial charge is 0.405 e. The fraction of sp³-hybridized carbons (Fsp3) is 0.444. The van der Waals surface area contributed by atoms with E-state index in [1.54, 1.807) is 26.1 Å². The monoisotopic (exact) mass is 384 g/mol. The Labute approximate surface area is 154 Å². The topological polar surface area (TPSA) is 82.1 Å². The number of hydrogen-bond acceptors (Lipinski definition) is 4. The molecular weight excluding hydrogens is 361 g/mol. The molecule has 0 atom stereocenters. The summed E-state index contributed by atoms with van der Waals surface area (Å²) in [6.45, 7) is 5.71. The van der Waals surface area contributed by atoms with Crippen LogP contribution in [-0.2, 0) is 5.54 Å². The summed E-state index contributed by atoms with van der Waals surface area (Å²) in [6, 6.07) is 4.31. The molecule has 6 nitrogen and oxygen atoms in total. The van der Waals surface area contributed by atoms with Crippen LogP contribution in [0.1, 0.15) is 39.3 Å². The highest BCUT2D eigenvalue weighted by molar-refractivity contribution is 5.49. The molecule has 27 heavy (non-hydrogen) atoms. The Hall–Kier alpha value is -2.71. The van der Waals surface area contributed by atoms with E-state index in [1.807, 2.05) is 13.8 Å². The molecular formula is C18H23F3N4O2. The van der Waals surface area contributed by atoms with Crippen LogP contribution in [-0.4, -0.2) is 21.9 Å². The summed E-state index contributed by atoms with van der Waals surface area (Å²) in [6.07, 6.45) is -1.40. The Morgan fingerprint density at radius 2 is 1.74 bits per heavy atom. The first kappa shape index (κ1) is 20.6. The minimum atomic E-state index is -4.45. The first-order valence-electron chi connectivity index (χ1n) is 8.40. The Balaban J connectivity index is 2.53. The molecule has 0 aromatic carbocycles. The van der Waals surface area contributed by atoms with Gasteiger partial charge in [-0.3, -0.25) is 9.59 Å². The number of nitrogens with one attached hydrogen (secondary N) is 1. The highest BCUT2D eigenvalue weighted by Crippen LogP contribution is 2.28. The van der Waals surface area contributed by atoms with Crippen LogP contribution in [0.2, 0.25) is 0 Å². The maximum Gasteiger partial charge on any atom is 0.405 e. The lowest BCUT2D eigenvalue weighted by molar-refractivity contribution is -0.115. The fourth-order valence-corrected chi connectivity index (χ4v) is 2.90. The third-order valence-electron chi connectivity index (χ3n) is 4.40. The van der Waals surface area contributed by atoms with Gasteiger partial charge in [0, 0.05) is 24.0 Å². The highest BCUT2D eigenvalue weighted by atomic mass is 19.4. The normalized spacial score (nSPS) is 12.4. The highest BCUT2D eigenvalue weighted by Gasteiger charge is 2.30. The molecule has 0 spiro atoms. The SMILES string of the molecule is CC(C)n1ccc(C(C)(C)n2cccc(NCC(F)(F)F)c2=O)c(N)c1=O. The summed E-state index contributed by atoms with van der Waals surface area (Å²) in [7, 11) is 0. The fourth-order valence-electron chi connectivity index (χ4n) is 2.90. The third kappa shape index (κ3) is 4.17. The molecule has 2 aromatic heterocycles. The number of anilines is 2. The average molecular weight is 384 g/mol. The van der Waals surface area contributed by atoms with Crippen molar-refractivity contribution in [3.63, 3.8) is 0 Å². The van der Waals surface area contributed by atoms with E-state index < -0.39 is 23.8 Å². The van der Waals surface area contributed by atoms with Gasteiger partial charge >= 0.3 is 6.18 Å². The van der Waals surface area contributed by atoms with Crippen molar-refractivity contribution in [1.82, 2.24) is 9.13 Å². The Morgan fingerprint density at radius 3 is 2.30 bits per heavy atom. The zero-order valence-electron chi connectivity index (χ0n) is 15.6. The number of alkyl halides is 3. The zero-order chi connectivity index (χ0) is 20.6. The first-order chi connectivity index (χ1) is 12.4. The molecule has 9 heteroatoms. The van der Waals surface area contributed by atoms with Crippen molar-refractivity contribution in [2.75, 3.05) is 17.6 Å². The van der Waals surface area contributed by atoms with Crippen LogP contribution >= 0.6 is 0 Å². The van der Waals surface area contributed by atoms with Crippen molar-refractivity contribution in [2.45, 2.75) is 45.5 Å². The van der Waals surface area contributed by atoms with Crippen LogP contribution in [0.15, 0.2) is 40.2 Å². The lowest BCUT2D eigenvalue weighted by Crippen LogP contribution is -2.40. The molecule has 2 rings (SSSR count). The molecule has 0 aliphatic heterocycles. The molecule has 0 radical (unpaired) electrons. The number of aromatic nitrogens is 2.